The van der Waals surface area contributed by atoms with Crippen LogP contribution in [0.25, 0.3) is 21.3 Å². The summed E-state index contributed by atoms with van der Waals surface area (Å²) in [6, 6.07) is 14.4. The van der Waals surface area contributed by atoms with E-state index in [4.69, 9.17) is 15.2 Å². The number of nitrogen functional groups attached to an aromatic ring is 1. The second kappa shape index (κ2) is 8.49. The number of hydrogen-bond acceptors (Lipinski definition) is 7. The van der Waals surface area contributed by atoms with Crippen LogP contribution in [0, 0.1) is 0 Å². The third kappa shape index (κ3) is 4.08. The van der Waals surface area contributed by atoms with Gasteiger partial charge < -0.3 is 20.5 Å². The van der Waals surface area contributed by atoms with Crippen LogP contribution in [0.2, 0.25) is 0 Å². The maximum atomic E-state index is 12.6. The summed E-state index contributed by atoms with van der Waals surface area (Å²) in [7, 11) is 3.17. The molecule has 31 heavy (non-hydrogen) atoms. The monoisotopic (exact) mass is 436 g/mol. The number of nitrogens with one attached hydrogen (secondary N) is 1. The van der Waals surface area contributed by atoms with Gasteiger partial charge in [-0.05, 0) is 42.0 Å². The Labute approximate surface area is 181 Å². The number of aromatic nitrogens is 2. The molecule has 1 amide bonds. The predicted octanol–water partition coefficient (Wildman–Crippen LogP) is 3.36. The molecular weight excluding hydrogens is 416 g/mol. The van der Waals surface area contributed by atoms with E-state index in [-0.39, 0.29) is 18.3 Å². The highest BCUT2D eigenvalue weighted by Gasteiger charge is 2.18. The van der Waals surface area contributed by atoms with Crippen LogP contribution in [-0.4, -0.2) is 29.7 Å². The van der Waals surface area contributed by atoms with E-state index in [1.54, 1.807) is 38.5 Å². The number of methoxy groups -OCH3 is 2. The minimum atomic E-state index is -0.571. The van der Waals surface area contributed by atoms with Gasteiger partial charge >= 0.3 is 5.69 Å². The first kappa shape index (κ1) is 20.4. The summed E-state index contributed by atoms with van der Waals surface area (Å²) in [4.78, 5) is 29.7. The summed E-state index contributed by atoms with van der Waals surface area (Å²) in [6.07, 6.45) is 0. The molecule has 4 aromatic rings. The maximum absolute atomic E-state index is 12.6. The van der Waals surface area contributed by atoms with Crippen molar-refractivity contribution in [2.75, 3.05) is 25.3 Å². The Morgan fingerprint density at radius 1 is 1.06 bits per heavy atom. The normalized spacial score (nSPS) is 10.8. The molecule has 0 unspecified atom stereocenters. The summed E-state index contributed by atoms with van der Waals surface area (Å²) in [5, 5.41) is 5.33. The molecule has 4 rings (SSSR count). The van der Waals surface area contributed by atoms with E-state index in [2.05, 4.69) is 10.3 Å². The average molecular weight is 436 g/mol. The quantitative estimate of drug-likeness (QED) is 0.480. The third-order valence-electron chi connectivity index (χ3n) is 4.80. The van der Waals surface area contributed by atoms with Gasteiger partial charge in [0.2, 0.25) is 5.91 Å². The van der Waals surface area contributed by atoms with Crippen molar-refractivity contribution in [3.63, 3.8) is 0 Å². The molecule has 0 saturated carbocycles. The fraction of sp³-hybridized carbons (Fsp3) is 0.136. The van der Waals surface area contributed by atoms with Crippen LogP contribution < -0.4 is 26.2 Å². The number of anilines is 2. The molecular formula is C22H20N4O4S. The van der Waals surface area contributed by atoms with E-state index in [0.29, 0.717) is 21.7 Å². The summed E-state index contributed by atoms with van der Waals surface area (Å²) in [6.45, 7) is -0.183. The molecule has 0 radical (unpaired) electrons. The number of fused-ring (bicyclic) bond motifs is 1. The lowest BCUT2D eigenvalue weighted by Gasteiger charge is -2.10. The fourth-order valence-electron chi connectivity index (χ4n) is 3.24. The lowest BCUT2D eigenvalue weighted by molar-refractivity contribution is -0.116. The van der Waals surface area contributed by atoms with Crippen molar-refractivity contribution in [1.29, 1.82) is 0 Å². The maximum Gasteiger partial charge on any atom is 0.351 e. The van der Waals surface area contributed by atoms with Crippen molar-refractivity contribution >= 4 is 39.0 Å². The smallest absolute Gasteiger partial charge is 0.351 e. The Hall–Kier alpha value is -3.85. The zero-order valence-corrected chi connectivity index (χ0v) is 17.7. The molecule has 158 valence electrons. The number of hydrogen-bond donors (Lipinski definition) is 2. The number of amides is 1. The third-order valence-corrected chi connectivity index (χ3v) is 5.80. The van der Waals surface area contributed by atoms with Crippen molar-refractivity contribution in [2.45, 2.75) is 6.54 Å². The lowest BCUT2D eigenvalue weighted by atomic mass is 10.1. The lowest BCUT2D eigenvalue weighted by Crippen LogP contribution is -2.29. The second-order valence-electron chi connectivity index (χ2n) is 6.70. The number of rotatable bonds is 6. The van der Waals surface area contributed by atoms with Crippen LogP contribution in [0.5, 0.6) is 11.5 Å². The topological polar surface area (TPSA) is 108 Å². The zero-order valence-electron chi connectivity index (χ0n) is 16.9. The van der Waals surface area contributed by atoms with E-state index < -0.39 is 5.69 Å². The van der Waals surface area contributed by atoms with Crippen LogP contribution in [0.4, 0.5) is 11.5 Å². The van der Waals surface area contributed by atoms with E-state index in [1.165, 1.54) is 15.9 Å². The Balaban J connectivity index is 1.66. The Kier molecular flexibility index (Phi) is 5.59. The van der Waals surface area contributed by atoms with Crippen LogP contribution in [0.3, 0.4) is 0 Å². The van der Waals surface area contributed by atoms with Gasteiger partial charge in [-0.1, -0.05) is 12.1 Å². The molecule has 2 aromatic carbocycles. The SMILES string of the molecule is COc1ccc(NC(=O)Cn2c(=O)nc(N)c3c(-c4ccc(OC)cc4)csc32)cc1. The summed E-state index contributed by atoms with van der Waals surface area (Å²) in [5.74, 6) is 1.21. The highest BCUT2D eigenvalue weighted by atomic mass is 32.1. The van der Waals surface area contributed by atoms with Crippen LogP contribution in [0.15, 0.2) is 58.7 Å². The van der Waals surface area contributed by atoms with E-state index in [1.807, 2.05) is 29.6 Å². The van der Waals surface area contributed by atoms with Gasteiger partial charge in [-0.3, -0.25) is 9.36 Å². The number of ether oxygens (including phenoxy) is 2. The van der Waals surface area contributed by atoms with Crippen molar-refractivity contribution in [1.82, 2.24) is 9.55 Å². The number of nitrogens with zero attached hydrogens (tertiary/aromatic N) is 2. The highest BCUT2D eigenvalue weighted by molar-refractivity contribution is 7.17. The van der Waals surface area contributed by atoms with E-state index in [9.17, 15) is 9.59 Å². The van der Waals surface area contributed by atoms with Crippen molar-refractivity contribution < 1.29 is 14.3 Å². The van der Waals surface area contributed by atoms with Crippen LogP contribution in [0.1, 0.15) is 0 Å². The standard InChI is InChI=1S/C22H20N4O4S/c1-29-15-7-3-13(4-8-15)17-12-31-21-19(17)20(23)25-22(28)26(21)11-18(27)24-14-5-9-16(30-2)10-6-14/h3-10,12H,11H2,1-2H3,(H,24,27)(H2,23,25,28). The predicted molar refractivity (Wildman–Crippen MR) is 122 cm³/mol. The van der Waals surface area contributed by atoms with Crippen molar-refractivity contribution in [3.8, 4) is 22.6 Å². The first-order chi connectivity index (χ1) is 15.0. The number of nitrogens with two attached hydrogens (primary N) is 1. The van der Waals surface area contributed by atoms with Crippen molar-refractivity contribution in [3.05, 3.63) is 64.4 Å². The number of carbonyl (C=O) groups is 1. The molecule has 0 aliphatic heterocycles. The largest absolute Gasteiger partial charge is 0.497 e. The molecule has 0 atom stereocenters. The first-order valence-corrected chi connectivity index (χ1v) is 10.2. The van der Waals surface area contributed by atoms with Crippen LogP contribution in [-0.2, 0) is 11.3 Å². The van der Waals surface area contributed by atoms with Gasteiger partial charge in [-0.25, -0.2) is 4.79 Å². The first-order valence-electron chi connectivity index (χ1n) is 9.36. The zero-order chi connectivity index (χ0) is 22.0. The van der Waals surface area contributed by atoms with Crippen LogP contribution >= 0.6 is 11.3 Å². The average Bonchev–Trinajstić information content (AvgIpc) is 3.23. The molecule has 0 aliphatic rings. The molecule has 3 N–H and O–H groups in total. The Bertz CT molecular complexity index is 1290. The molecule has 9 heteroatoms. The molecule has 0 spiro atoms. The summed E-state index contributed by atoms with van der Waals surface area (Å²) >= 11 is 1.34. The summed E-state index contributed by atoms with van der Waals surface area (Å²) < 4.78 is 11.7. The molecule has 0 fully saturated rings. The summed E-state index contributed by atoms with van der Waals surface area (Å²) in [5.41, 5.74) is 7.88. The highest BCUT2D eigenvalue weighted by Crippen LogP contribution is 2.36. The second-order valence-corrected chi connectivity index (χ2v) is 7.56. The Morgan fingerprint density at radius 2 is 1.68 bits per heavy atom. The Morgan fingerprint density at radius 3 is 2.29 bits per heavy atom. The van der Waals surface area contributed by atoms with Gasteiger partial charge in [0, 0.05) is 16.6 Å². The minimum Gasteiger partial charge on any atom is -0.497 e. The molecule has 0 bridgehead atoms. The molecule has 2 heterocycles. The number of benzene rings is 2. The molecule has 8 nitrogen and oxygen atoms in total. The van der Waals surface area contributed by atoms with Gasteiger partial charge in [-0.2, -0.15) is 4.98 Å². The molecule has 0 saturated heterocycles. The van der Waals surface area contributed by atoms with Gasteiger partial charge in [0.15, 0.2) is 0 Å². The van der Waals surface area contributed by atoms with Gasteiger partial charge in [0.05, 0.1) is 19.6 Å². The number of carbonyl (C=O) groups excluding carboxylic acids is 1. The van der Waals surface area contributed by atoms with Crippen molar-refractivity contribution in [2.24, 2.45) is 0 Å². The number of thiophene rings is 1. The minimum absolute atomic E-state index is 0.138. The molecule has 0 aliphatic carbocycles. The van der Waals surface area contributed by atoms with Gasteiger partial charge in [-0.15, -0.1) is 11.3 Å². The fourth-order valence-corrected chi connectivity index (χ4v) is 4.33. The van der Waals surface area contributed by atoms with E-state index >= 15 is 0 Å². The van der Waals surface area contributed by atoms with Gasteiger partial charge in [0.1, 0.15) is 28.7 Å². The molecule has 2 aromatic heterocycles. The van der Waals surface area contributed by atoms with E-state index in [0.717, 1.165) is 16.9 Å². The van der Waals surface area contributed by atoms with Gasteiger partial charge in [0.25, 0.3) is 0 Å².